The molecule has 0 amide bonds. The van der Waals surface area contributed by atoms with Gasteiger partial charge in [0, 0.05) is 64.5 Å². The number of aryl methyl sites for hydroxylation is 1. The third kappa shape index (κ3) is 3.19. The van der Waals surface area contributed by atoms with E-state index in [1.807, 2.05) is 6.07 Å². The van der Waals surface area contributed by atoms with Gasteiger partial charge in [-0.15, -0.1) is 0 Å². The third-order valence-corrected chi connectivity index (χ3v) is 7.71. The molecule has 158 valence electrons. The number of nitrogens with zero attached hydrogens (tertiary/aromatic N) is 2. The predicted molar refractivity (Wildman–Crippen MR) is 121 cm³/mol. The minimum absolute atomic E-state index is 0.0648. The number of benzene rings is 1. The van der Waals surface area contributed by atoms with Crippen LogP contribution < -0.4 is 15.2 Å². The molecule has 0 unspecified atom stereocenters. The molecule has 7 nitrogen and oxygen atoms in total. The molecule has 1 spiro atoms. The fourth-order valence-electron chi connectivity index (χ4n) is 4.43. The van der Waals surface area contributed by atoms with Crippen molar-refractivity contribution in [2.24, 2.45) is 12.4 Å². The van der Waals surface area contributed by atoms with Gasteiger partial charge in [0.2, 0.25) is 10.0 Å². The van der Waals surface area contributed by atoms with Crippen molar-refractivity contribution in [3.63, 3.8) is 0 Å². The number of pyridine rings is 1. The molecule has 3 heterocycles. The van der Waals surface area contributed by atoms with Crippen molar-refractivity contribution in [3.05, 3.63) is 47.0 Å². The molecule has 0 bridgehead atoms. The van der Waals surface area contributed by atoms with Crippen LogP contribution in [-0.2, 0) is 17.0 Å². The number of anilines is 2. The highest BCUT2D eigenvalue weighted by molar-refractivity contribution is 7.92. The Hall–Kier alpha value is -2.74. The first-order valence-electron chi connectivity index (χ1n) is 11.7. The van der Waals surface area contributed by atoms with Crippen LogP contribution in [0.3, 0.4) is 0 Å². The maximum atomic E-state index is 12.8. The predicted octanol–water partition coefficient (Wildman–Crippen LogP) is 3.29. The maximum Gasteiger partial charge on any atom is 0.274 e. The second kappa shape index (κ2) is 6.63. The third-order valence-electron chi connectivity index (χ3n) is 6.40. The van der Waals surface area contributed by atoms with Crippen LogP contribution >= 0.6 is 0 Å². The van der Waals surface area contributed by atoms with Crippen LogP contribution in [0.15, 0.2) is 41.5 Å². The highest BCUT2D eigenvalue weighted by Crippen LogP contribution is 2.54. The first-order chi connectivity index (χ1) is 15.5. The molecular weight excluding hydrogens is 400 g/mol. The lowest BCUT2D eigenvalue weighted by atomic mass is 10.0. The molecule has 1 aliphatic heterocycles. The summed E-state index contributed by atoms with van der Waals surface area (Å²) in [4.78, 5) is 18.0. The molecule has 1 aliphatic carbocycles. The first kappa shape index (κ1) is 16.0. The van der Waals surface area contributed by atoms with E-state index in [1.165, 1.54) is 19.0 Å². The van der Waals surface area contributed by atoms with Gasteiger partial charge >= 0.3 is 0 Å². The molecule has 0 radical (unpaired) electrons. The monoisotopic (exact) mass is 429 g/mol. The summed E-state index contributed by atoms with van der Waals surface area (Å²) in [7, 11) is -3.50. The number of hydrogen-bond donors (Lipinski definition) is 2. The molecule has 1 saturated carbocycles. The van der Waals surface area contributed by atoms with E-state index in [1.54, 1.807) is 31.3 Å². The molecule has 0 atom stereocenters. The largest absolute Gasteiger partial charge is 0.370 e. The Morgan fingerprint density at radius 3 is 2.77 bits per heavy atom. The van der Waals surface area contributed by atoms with Crippen molar-refractivity contribution in [1.29, 1.82) is 0 Å². The molecule has 1 saturated heterocycles. The summed E-state index contributed by atoms with van der Waals surface area (Å²) in [6.45, 7) is 0.697. The Bertz CT molecular complexity index is 1400. The van der Waals surface area contributed by atoms with Crippen molar-refractivity contribution in [3.8, 4) is 11.1 Å². The zero-order valence-corrected chi connectivity index (χ0v) is 17.6. The van der Waals surface area contributed by atoms with Crippen LogP contribution in [0.5, 0.6) is 0 Å². The molecule has 2 aromatic heterocycles. The van der Waals surface area contributed by atoms with Gasteiger partial charge in [0.05, 0.1) is 5.75 Å². The summed E-state index contributed by atoms with van der Waals surface area (Å²) in [5.41, 5.74) is 2.48. The molecule has 3 aromatic rings. The highest BCUT2D eigenvalue weighted by Gasteiger charge is 2.48. The Kier molecular flexibility index (Phi) is 3.54. The van der Waals surface area contributed by atoms with Crippen molar-refractivity contribution in [2.45, 2.75) is 26.2 Å². The Morgan fingerprint density at radius 1 is 1.23 bits per heavy atom. The fourth-order valence-corrected chi connectivity index (χ4v) is 5.06. The van der Waals surface area contributed by atoms with Gasteiger partial charge in [0.15, 0.2) is 0 Å². The summed E-state index contributed by atoms with van der Waals surface area (Å²) in [5, 5.41) is 0.595. The molecule has 5 rings (SSSR count). The van der Waals surface area contributed by atoms with E-state index in [9.17, 15) is 13.2 Å². The van der Waals surface area contributed by atoms with Crippen LogP contribution in [0.25, 0.3) is 22.0 Å². The van der Waals surface area contributed by atoms with Crippen LogP contribution in [-0.4, -0.2) is 36.8 Å². The number of rotatable bonds is 5. The smallest absolute Gasteiger partial charge is 0.274 e. The van der Waals surface area contributed by atoms with Gasteiger partial charge in [-0.2, -0.15) is 0 Å². The van der Waals surface area contributed by atoms with Crippen LogP contribution in [0.1, 0.15) is 30.3 Å². The average Bonchev–Trinajstić information content (AvgIpc) is 3.13. The number of sulfonamides is 1. The van der Waals surface area contributed by atoms with E-state index < -0.39 is 22.6 Å². The number of nitrogens with one attached hydrogen (secondary N) is 2. The zero-order chi connectivity index (χ0) is 23.6. The summed E-state index contributed by atoms with van der Waals surface area (Å²) < 4.78 is 51.3. The van der Waals surface area contributed by atoms with Gasteiger partial charge in [-0.3, -0.25) is 9.52 Å². The maximum absolute atomic E-state index is 12.8. The molecule has 30 heavy (non-hydrogen) atoms. The minimum Gasteiger partial charge on any atom is -0.370 e. The van der Waals surface area contributed by atoms with Crippen molar-refractivity contribution < 1.29 is 12.5 Å². The van der Waals surface area contributed by atoms with Crippen molar-refractivity contribution >= 4 is 32.3 Å². The average molecular weight is 430 g/mol. The lowest BCUT2D eigenvalue weighted by Gasteiger charge is -2.24. The topological polar surface area (TPSA) is 87.2 Å². The van der Waals surface area contributed by atoms with E-state index in [0.717, 1.165) is 29.8 Å². The molecule has 2 N–H and O–H groups in total. The summed E-state index contributed by atoms with van der Waals surface area (Å²) in [6, 6.07) is 7.09. The molecule has 2 fully saturated rings. The number of aromatic nitrogens is 2. The van der Waals surface area contributed by atoms with Gasteiger partial charge in [-0.1, -0.05) is 0 Å². The van der Waals surface area contributed by atoms with E-state index in [4.69, 9.17) is 4.11 Å². The highest BCUT2D eigenvalue weighted by atomic mass is 32.2. The second-order valence-corrected chi connectivity index (χ2v) is 10.4. The van der Waals surface area contributed by atoms with Gasteiger partial charge in [0.1, 0.15) is 5.52 Å². The summed E-state index contributed by atoms with van der Waals surface area (Å²) in [5.74, 6) is -0.0648. The standard InChI is InChI=1S/C22H26N4O3S/c1-3-30(28,29)24-15-4-5-19(26-11-9-22(14-26)7-8-22)17(12-15)18-13-25(2)21(27)20-16(18)6-10-23-20/h4-6,10,12-13,23-24H,3,7-9,11,14H2,1-2H3/i2D3. The van der Waals surface area contributed by atoms with E-state index >= 15 is 0 Å². The van der Waals surface area contributed by atoms with E-state index in [2.05, 4.69) is 14.6 Å². The first-order valence-corrected chi connectivity index (χ1v) is 11.8. The number of aromatic amines is 1. The zero-order valence-electron chi connectivity index (χ0n) is 19.7. The molecule has 1 aromatic carbocycles. The van der Waals surface area contributed by atoms with Crippen LogP contribution in [0.4, 0.5) is 11.4 Å². The lowest BCUT2D eigenvalue weighted by molar-refractivity contribution is 0.581. The summed E-state index contributed by atoms with van der Waals surface area (Å²) >= 11 is 0. The van der Waals surface area contributed by atoms with Crippen molar-refractivity contribution in [2.75, 3.05) is 28.5 Å². The normalized spacial score (nSPS) is 19.6. The Balaban J connectivity index is 1.73. The van der Waals surface area contributed by atoms with Gasteiger partial charge in [0.25, 0.3) is 5.56 Å². The van der Waals surface area contributed by atoms with Gasteiger partial charge in [-0.25, -0.2) is 8.42 Å². The second-order valence-electron chi connectivity index (χ2n) is 8.39. The number of hydrogen-bond acceptors (Lipinski definition) is 4. The molecular formula is C22H26N4O3S. The SMILES string of the molecule is [2H]C([2H])([2H])n1cc(-c2cc(NS(=O)(=O)CC)ccc2N2CCC3(CC3)C2)c2cc[nH]c2c1=O. The summed E-state index contributed by atoms with van der Waals surface area (Å²) in [6.07, 6.45) is 6.49. The quantitative estimate of drug-likeness (QED) is 0.652. The Labute approximate surface area is 180 Å². The fraction of sp³-hybridized carbons (Fsp3) is 0.409. The molecule has 8 heteroatoms. The van der Waals surface area contributed by atoms with Crippen LogP contribution in [0.2, 0.25) is 0 Å². The van der Waals surface area contributed by atoms with Crippen LogP contribution in [0, 0.1) is 5.41 Å². The minimum atomic E-state index is -3.50. The number of fused-ring (bicyclic) bond motifs is 1. The van der Waals surface area contributed by atoms with Crippen molar-refractivity contribution in [1.82, 2.24) is 9.55 Å². The van der Waals surface area contributed by atoms with Gasteiger partial charge < -0.3 is 14.5 Å². The Morgan fingerprint density at radius 2 is 2.07 bits per heavy atom. The van der Waals surface area contributed by atoms with E-state index in [-0.39, 0.29) is 11.3 Å². The van der Waals surface area contributed by atoms with E-state index in [0.29, 0.717) is 27.6 Å². The number of H-pyrrole nitrogens is 1. The lowest BCUT2D eigenvalue weighted by Crippen LogP contribution is -2.22. The van der Waals surface area contributed by atoms with Gasteiger partial charge in [-0.05, 0) is 55.9 Å². The molecule has 2 aliphatic rings.